The van der Waals surface area contributed by atoms with Crippen LogP contribution in [0.25, 0.3) is 20.2 Å². The number of fused-ring (bicyclic) bond motifs is 4. The lowest BCUT2D eigenvalue weighted by Crippen LogP contribution is -2.19. The summed E-state index contributed by atoms with van der Waals surface area (Å²) in [5.41, 5.74) is 11.6. The highest BCUT2D eigenvalue weighted by Crippen LogP contribution is 2.41. The fourth-order valence-electron chi connectivity index (χ4n) is 7.90. The standard InChI is InChI=1S/C15H23NO.C14H21NO2.2C14H19NS/c1-10(2)13-8-12-6-5-7-17-15(12)14(9-13)16-11(3)4;1-9(2)11-7-12(15-10(3)4)14-13(8-11)16-5-6-17-14;1-9(2)11-7-13(15-10(3)4)12-5-6-16-14(12)8-11;1-9(2)12-7-11-5-6-16-14(11)13(8-12)15-10(3)4/h8-11,16H,5-7H2,1-4H3;7-10,15H,5-6H2,1-4H3;2*5-10,15H,1-4H3. The van der Waals surface area contributed by atoms with Crippen molar-refractivity contribution < 1.29 is 14.2 Å². The molecule has 0 amide bonds. The van der Waals surface area contributed by atoms with Crippen LogP contribution in [0, 0.1) is 0 Å². The average Bonchev–Trinajstić information content (AvgIpc) is 3.94. The van der Waals surface area contributed by atoms with Crippen LogP contribution in [0.5, 0.6) is 17.2 Å². The Hall–Kier alpha value is -4.60. The molecule has 6 aromatic rings. The van der Waals surface area contributed by atoms with Crippen molar-refractivity contribution >= 4 is 65.6 Å². The van der Waals surface area contributed by atoms with Gasteiger partial charge in [-0.3, -0.25) is 0 Å². The summed E-state index contributed by atoms with van der Waals surface area (Å²) in [6, 6.07) is 24.2. The van der Waals surface area contributed by atoms with Crippen LogP contribution in [0.4, 0.5) is 22.7 Å². The maximum atomic E-state index is 5.83. The van der Waals surface area contributed by atoms with E-state index in [0.29, 0.717) is 61.1 Å². The van der Waals surface area contributed by atoms with Gasteiger partial charge in [-0.1, -0.05) is 61.5 Å². The van der Waals surface area contributed by atoms with Crippen LogP contribution in [0.1, 0.15) is 169 Å². The molecule has 66 heavy (non-hydrogen) atoms. The Morgan fingerprint density at radius 3 is 1.52 bits per heavy atom. The lowest BCUT2D eigenvalue weighted by atomic mass is 9.95. The molecule has 0 unspecified atom stereocenters. The monoisotopic (exact) mass is 935 g/mol. The number of rotatable bonds is 12. The van der Waals surface area contributed by atoms with Crippen LogP contribution in [0.2, 0.25) is 0 Å². The summed E-state index contributed by atoms with van der Waals surface area (Å²) in [5, 5.41) is 21.0. The van der Waals surface area contributed by atoms with E-state index in [9.17, 15) is 0 Å². The number of benzene rings is 4. The molecule has 0 aliphatic carbocycles. The quantitative estimate of drug-likeness (QED) is 0.0974. The van der Waals surface area contributed by atoms with Crippen molar-refractivity contribution in [3.63, 3.8) is 0 Å². The fourth-order valence-corrected chi connectivity index (χ4v) is 9.62. The highest BCUT2D eigenvalue weighted by molar-refractivity contribution is 7.18. The van der Waals surface area contributed by atoms with E-state index in [0.717, 1.165) is 42.4 Å². The summed E-state index contributed by atoms with van der Waals surface area (Å²) in [6.07, 6.45) is 2.28. The van der Waals surface area contributed by atoms with Gasteiger partial charge in [-0.2, -0.15) is 0 Å². The Labute approximate surface area is 406 Å². The molecule has 0 radical (unpaired) electrons. The Bertz CT molecular complexity index is 2270. The van der Waals surface area contributed by atoms with Crippen LogP contribution in [0.3, 0.4) is 0 Å². The van der Waals surface area contributed by atoms with Crippen molar-refractivity contribution in [1.82, 2.24) is 0 Å². The normalized spacial score (nSPS) is 13.1. The van der Waals surface area contributed by atoms with Crippen molar-refractivity contribution in [2.24, 2.45) is 0 Å². The van der Waals surface area contributed by atoms with E-state index in [1.165, 1.54) is 65.1 Å². The van der Waals surface area contributed by atoms with E-state index in [2.05, 4.69) is 203 Å². The van der Waals surface area contributed by atoms with Gasteiger partial charge in [0, 0.05) is 39.9 Å². The summed E-state index contributed by atoms with van der Waals surface area (Å²) >= 11 is 3.63. The maximum Gasteiger partial charge on any atom is 0.184 e. The molecule has 2 aliphatic heterocycles. The molecule has 8 rings (SSSR count). The van der Waals surface area contributed by atoms with Crippen LogP contribution in [-0.2, 0) is 6.42 Å². The molecular weight excluding hydrogens is 853 g/mol. The summed E-state index contributed by atoms with van der Waals surface area (Å²) in [6.45, 7) is 37.2. The van der Waals surface area contributed by atoms with Crippen LogP contribution in [0.15, 0.2) is 71.4 Å². The van der Waals surface area contributed by atoms with E-state index in [-0.39, 0.29) is 0 Å². The molecule has 4 heterocycles. The van der Waals surface area contributed by atoms with Crippen molar-refractivity contribution in [3.8, 4) is 17.2 Å². The number of aryl methyl sites for hydroxylation is 1. The Balaban J connectivity index is 0.000000165. The third kappa shape index (κ3) is 14.7. The Kier molecular flexibility index (Phi) is 19.4. The predicted molar refractivity (Wildman–Crippen MR) is 293 cm³/mol. The van der Waals surface area contributed by atoms with Crippen LogP contribution in [-0.4, -0.2) is 44.0 Å². The lowest BCUT2D eigenvalue weighted by Gasteiger charge is -2.24. The second-order valence-electron chi connectivity index (χ2n) is 20.2. The molecule has 2 aromatic heterocycles. The predicted octanol–water partition coefficient (Wildman–Crippen LogP) is 17.0. The topological polar surface area (TPSA) is 75.8 Å². The molecular formula is C57H82N4O3S2. The molecule has 4 aromatic carbocycles. The minimum Gasteiger partial charge on any atom is -0.491 e. The van der Waals surface area contributed by atoms with E-state index < -0.39 is 0 Å². The number of ether oxygens (including phenoxy) is 3. The van der Waals surface area contributed by atoms with Crippen LogP contribution >= 0.6 is 22.7 Å². The smallest absolute Gasteiger partial charge is 0.184 e. The van der Waals surface area contributed by atoms with Gasteiger partial charge < -0.3 is 35.5 Å². The van der Waals surface area contributed by atoms with Crippen molar-refractivity contribution in [2.45, 2.75) is 171 Å². The molecule has 4 N–H and O–H groups in total. The first-order valence-corrected chi connectivity index (χ1v) is 26.4. The minimum absolute atomic E-state index is 0.382. The number of hydrogen-bond acceptors (Lipinski definition) is 9. The number of thiophene rings is 2. The molecule has 2 aliphatic rings. The molecule has 0 spiro atoms. The molecule has 0 saturated heterocycles. The third-order valence-electron chi connectivity index (χ3n) is 11.3. The zero-order valence-electron chi connectivity index (χ0n) is 43.1. The molecule has 9 heteroatoms. The Morgan fingerprint density at radius 1 is 0.439 bits per heavy atom. The van der Waals surface area contributed by atoms with E-state index in [1.54, 1.807) is 0 Å². The molecule has 0 bridgehead atoms. The Morgan fingerprint density at radius 2 is 0.909 bits per heavy atom. The zero-order chi connectivity index (χ0) is 48.2. The van der Waals surface area contributed by atoms with Crippen LogP contribution < -0.4 is 35.5 Å². The first-order valence-electron chi connectivity index (χ1n) is 24.6. The van der Waals surface area contributed by atoms with Gasteiger partial charge in [0.25, 0.3) is 0 Å². The molecule has 7 nitrogen and oxygen atoms in total. The number of anilines is 4. The van der Waals surface area contributed by atoms with Gasteiger partial charge in [0.05, 0.1) is 28.4 Å². The second kappa shape index (κ2) is 24.4. The SMILES string of the molecule is CC(C)Nc1cc(C(C)C)cc2c1OCCC2.CC(C)Nc1cc(C(C)C)cc2c1OCCO2.CC(C)Nc1cc(C(C)C)cc2ccsc12.CC(C)Nc1cc(C(C)C)cc2sccc12. The summed E-state index contributed by atoms with van der Waals surface area (Å²) < 4.78 is 20.0. The van der Waals surface area contributed by atoms with Crippen molar-refractivity contribution in [3.05, 3.63) is 99.2 Å². The average molecular weight is 935 g/mol. The summed E-state index contributed by atoms with van der Waals surface area (Å²) in [4.78, 5) is 0. The van der Waals surface area contributed by atoms with Gasteiger partial charge in [-0.25, -0.2) is 0 Å². The molecule has 0 atom stereocenters. The van der Waals surface area contributed by atoms with Crippen molar-refractivity contribution in [2.75, 3.05) is 41.1 Å². The van der Waals surface area contributed by atoms with Crippen molar-refractivity contribution in [1.29, 1.82) is 0 Å². The summed E-state index contributed by atoms with van der Waals surface area (Å²) in [5.74, 6) is 5.01. The van der Waals surface area contributed by atoms with Gasteiger partial charge in [-0.15, -0.1) is 22.7 Å². The largest absolute Gasteiger partial charge is 0.491 e. The van der Waals surface area contributed by atoms with Gasteiger partial charge in [0.2, 0.25) is 0 Å². The highest BCUT2D eigenvalue weighted by atomic mass is 32.1. The summed E-state index contributed by atoms with van der Waals surface area (Å²) in [7, 11) is 0. The third-order valence-corrected chi connectivity index (χ3v) is 13.1. The highest BCUT2D eigenvalue weighted by Gasteiger charge is 2.20. The molecule has 0 fully saturated rings. The number of nitrogens with one attached hydrogen (secondary N) is 4. The number of hydrogen-bond donors (Lipinski definition) is 4. The van der Waals surface area contributed by atoms with Gasteiger partial charge >= 0.3 is 0 Å². The maximum absolute atomic E-state index is 5.83. The van der Waals surface area contributed by atoms with Gasteiger partial charge in [0.15, 0.2) is 11.5 Å². The van der Waals surface area contributed by atoms with E-state index >= 15 is 0 Å². The first-order chi connectivity index (χ1) is 31.3. The fraction of sp³-hybridized carbons (Fsp3) is 0.509. The lowest BCUT2D eigenvalue weighted by molar-refractivity contribution is 0.172. The molecule has 360 valence electrons. The van der Waals surface area contributed by atoms with Gasteiger partial charge in [0.1, 0.15) is 19.0 Å². The molecule has 0 saturated carbocycles. The first kappa shape index (κ1) is 52.4. The van der Waals surface area contributed by atoms with E-state index in [1.807, 2.05) is 22.7 Å². The van der Waals surface area contributed by atoms with E-state index in [4.69, 9.17) is 14.2 Å². The minimum atomic E-state index is 0.382. The van der Waals surface area contributed by atoms with Gasteiger partial charge in [-0.05, 0) is 190 Å². The second-order valence-corrected chi connectivity index (χ2v) is 22.1. The zero-order valence-corrected chi connectivity index (χ0v) is 44.8.